The van der Waals surface area contributed by atoms with Crippen LogP contribution in [0.3, 0.4) is 0 Å². The number of carboxylic acid groups (broad SMARTS) is 2. The van der Waals surface area contributed by atoms with Crippen LogP contribution in [-0.4, -0.2) is 67.3 Å². The van der Waals surface area contributed by atoms with Gasteiger partial charge in [0, 0.05) is 35.0 Å². The SMILES string of the molecule is COc1ccc(F)c2sc(C(=O)O)c(-c3nc4cc(C(N)=O)ccc4n3CCn3c(-c4c(C(=O)O)sc5c(F)ccc(OC)c45)nc4cc(C(N)=O)ccc43)c12. The topological polar surface area (TPSA) is 215 Å². The fraction of sp³-hybridized carbons (Fsp3) is 0.105. The van der Waals surface area contributed by atoms with Crippen LogP contribution >= 0.6 is 22.7 Å². The molecule has 0 aliphatic carbocycles. The first kappa shape index (κ1) is 36.1. The zero-order chi connectivity index (χ0) is 39.7. The molecule has 2 amide bonds. The van der Waals surface area contributed by atoms with Gasteiger partial charge in [-0.1, -0.05) is 0 Å². The van der Waals surface area contributed by atoms with Gasteiger partial charge in [0.2, 0.25) is 11.8 Å². The van der Waals surface area contributed by atoms with Crippen molar-refractivity contribution in [2.24, 2.45) is 11.5 Å². The van der Waals surface area contributed by atoms with Gasteiger partial charge in [-0.3, -0.25) is 9.59 Å². The highest BCUT2D eigenvalue weighted by Gasteiger charge is 2.31. The van der Waals surface area contributed by atoms with E-state index in [1.54, 1.807) is 21.3 Å². The van der Waals surface area contributed by atoms with Crippen molar-refractivity contribution in [3.8, 4) is 34.3 Å². The van der Waals surface area contributed by atoms with E-state index in [-0.39, 0.29) is 99.5 Å². The Bertz CT molecular complexity index is 2820. The number of nitrogens with zero attached hydrogens (tertiary/aromatic N) is 4. The van der Waals surface area contributed by atoms with Crippen LogP contribution in [-0.2, 0) is 13.1 Å². The van der Waals surface area contributed by atoms with E-state index in [1.807, 2.05) is 0 Å². The van der Waals surface area contributed by atoms with Gasteiger partial charge < -0.3 is 40.3 Å². The molecule has 0 saturated carbocycles. The summed E-state index contributed by atoms with van der Waals surface area (Å²) in [5.41, 5.74) is 13.0. The van der Waals surface area contributed by atoms with Crippen molar-refractivity contribution >= 4 is 88.7 Å². The third kappa shape index (κ3) is 5.56. The summed E-state index contributed by atoms with van der Waals surface area (Å²) >= 11 is 1.42. The summed E-state index contributed by atoms with van der Waals surface area (Å²) in [7, 11) is 2.73. The first-order valence-corrected chi connectivity index (χ1v) is 18.1. The summed E-state index contributed by atoms with van der Waals surface area (Å²) in [4.78, 5) is 59.1. The van der Waals surface area contributed by atoms with Crippen LogP contribution in [0.1, 0.15) is 40.1 Å². The van der Waals surface area contributed by atoms with Crippen LogP contribution in [0.15, 0.2) is 60.7 Å². The Kier molecular flexibility index (Phi) is 8.65. The lowest BCUT2D eigenvalue weighted by Gasteiger charge is -2.15. The van der Waals surface area contributed by atoms with Gasteiger partial charge in [0.05, 0.1) is 56.8 Å². The number of aromatic carboxylic acids is 2. The lowest BCUT2D eigenvalue weighted by atomic mass is 10.1. The minimum absolute atomic E-state index is 0.0121. The van der Waals surface area contributed by atoms with Gasteiger partial charge in [-0.05, 0) is 60.7 Å². The van der Waals surface area contributed by atoms with Crippen LogP contribution in [0.4, 0.5) is 8.78 Å². The first-order chi connectivity index (χ1) is 26.8. The highest BCUT2D eigenvalue weighted by Crippen LogP contribution is 2.47. The Balaban J connectivity index is 1.41. The van der Waals surface area contributed by atoms with Gasteiger partial charge in [-0.25, -0.2) is 28.3 Å². The van der Waals surface area contributed by atoms with Gasteiger partial charge in [-0.2, -0.15) is 0 Å². The maximum atomic E-state index is 15.3. The fourth-order valence-corrected chi connectivity index (χ4v) is 9.07. The number of carbonyl (C=O) groups is 4. The number of hydrogen-bond acceptors (Lipinski definition) is 10. The highest BCUT2D eigenvalue weighted by molar-refractivity contribution is 7.22. The third-order valence-corrected chi connectivity index (χ3v) is 11.8. The summed E-state index contributed by atoms with van der Waals surface area (Å²) in [6.07, 6.45) is 0. The number of rotatable bonds is 11. The van der Waals surface area contributed by atoms with Crippen molar-refractivity contribution in [1.29, 1.82) is 0 Å². The Morgan fingerprint density at radius 1 is 0.661 bits per heavy atom. The van der Waals surface area contributed by atoms with Gasteiger partial charge in [0.25, 0.3) is 0 Å². The molecule has 4 heterocycles. The number of thiophene rings is 2. The van der Waals surface area contributed by atoms with Gasteiger partial charge in [0.1, 0.15) is 44.5 Å². The van der Waals surface area contributed by atoms with Gasteiger partial charge >= 0.3 is 11.9 Å². The molecule has 0 spiro atoms. The molecule has 18 heteroatoms. The number of benzene rings is 4. The average molecular weight is 797 g/mol. The number of amides is 2. The van der Waals surface area contributed by atoms with E-state index in [0.29, 0.717) is 33.7 Å². The van der Waals surface area contributed by atoms with Crippen LogP contribution in [0.25, 0.3) is 65.0 Å². The molecule has 14 nitrogen and oxygen atoms in total. The summed E-state index contributed by atoms with van der Waals surface area (Å²) in [6.45, 7) is -0.0242. The summed E-state index contributed by atoms with van der Waals surface area (Å²) < 4.78 is 45.1. The van der Waals surface area contributed by atoms with E-state index in [9.17, 15) is 29.4 Å². The van der Waals surface area contributed by atoms with Crippen LogP contribution < -0.4 is 20.9 Å². The minimum atomic E-state index is -1.35. The molecule has 0 bridgehead atoms. The molecule has 4 aromatic heterocycles. The molecule has 0 aliphatic rings. The second-order valence-electron chi connectivity index (χ2n) is 12.4. The summed E-state index contributed by atoms with van der Waals surface area (Å²) in [6, 6.07) is 14.1. The Morgan fingerprint density at radius 2 is 1.05 bits per heavy atom. The quantitative estimate of drug-likeness (QED) is 0.108. The Morgan fingerprint density at radius 3 is 1.39 bits per heavy atom. The van der Waals surface area contributed by atoms with Crippen molar-refractivity contribution in [2.45, 2.75) is 13.1 Å². The Hall–Kier alpha value is -6.92. The molecule has 6 N–H and O–H groups in total. The molecule has 4 aromatic carbocycles. The Labute approximate surface area is 320 Å². The van der Waals surface area contributed by atoms with Crippen molar-refractivity contribution in [3.05, 3.63) is 93.2 Å². The number of methoxy groups -OCH3 is 2. The normalized spacial score (nSPS) is 11.6. The molecular weight excluding hydrogens is 771 g/mol. The standard InChI is InChI=1S/C38H26F2N6O8S2/c1-53-23-9-5-17(39)29-25(23)27(31(55-29)37(49)50)35-43-19-13-15(33(41)47)3-7-21(19)45(35)11-12-46-22-8-4-16(34(42)48)14-20(22)44-36(46)28-26-24(54-2)10-6-18(40)30(26)56-32(28)38(51)52/h3-10,13-14H,11-12H2,1-2H3,(H2,41,47)(H2,42,48)(H,49,50)(H,51,52). The predicted molar refractivity (Wildman–Crippen MR) is 205 cm³/mol. The molecule has 8 aromatic rings. The van der Waals surface area contributed by atoms with E-state index < -0.39 is 35.4 Å². The van der Waals surface area contributed by atoms with Crippen molar-refractivity contribution < 1.29 is 47.6 Å². The smallest absolute Gasteiger partial charge is 0.346 e. The number of carbonyl (C=O) groups excluding carboxylic acids is 2. The van der Waals surface area contributed by atoms with E-state index >= 15 is 8.78 Å². The largest absolute Gasteiger partial charge is 0.496 e. The molecule has 282 valence electrons. The number of nitrogens with two attached hydrogens (primary N) is 2. The lowest BCUT2D eigenvalue weighted by Crippen LogP contribution is -2.12. The summed E-state index contributed by atoms with van der Waals surface area (Å²) in [5, 5.41) is 21.1. The molecular formula is C38H26F2N6O8S2. The molecule has 56 heavy (non-hydrogen) atoms. The van der Waals surface area contributed by atoms with Gasteiger partial charge in [0.15, 0.2) is 0 Å². The molecule has 0 aliphatic heterocycles. The number of ether oxygens (including phenoxy) is 2. The fourth-order valence-electron chi connectivity index (χ4n) is 6.95. The third-order valence-electron chi connectivity index (χ3n) is 9.39. The zero-order valence-corrected chi connectivity index (χ0v) is 30.7. The maximum Gasteiger partial charge on any atom is 0.346 e. The van der Waals surface area contributed by atoms with Crippen LogP contribution in [0, 0.1) is 11.6 Å². The molecule has 0 radical (unpaired) electrons. The number of carboxylic acids is 2. The minimum Gasteiger partial charge on any atom is -0.496 e. The highest BCUT2D eigenvalue weighted by atomic mass is 32.1. The number of aromatic nitrogens is 4. The van der Waals surface area contributed by atoms with E-state index in [0.717, 1.165) is 0 Å². The molecule has 0 fully saturated rings. The predicted octanol–water partition coefficient (Wildman–Crippen LogP) is 6.74. The first-order valence-electron chi connectivity index (χ1n) is 16.5. The maximum absolute atomic E-state index is 15.3. The van der Waals surface area contributed by atoms with E-state index in [2.05, 4.69) is 0 Å². The number of aryl methyl sites for hydroxylation is 2. The van der Waals surface area contributed by atoms with Crippen molar-refractivity contribution in [3.63, 3.8) is 0 Å². The van der Waals surface area contributed by atoms with E-state index in [1.165, 1.54) is 62.8 Å². The second kappa shape index (κ2) is 13.4. The van der Waals surface area contributed by atoms with Crippen LogP contribution in [0.2, 0.25) is 0 Å². The molecule has 8 rings (SSSR count). The van der Waals surface area contributed by atoms with Crippen molar-refractivity contribution in [2.75, 3.05) is 14.2 Å². The number of hydrogen-bond donors (Lipinski definition) is 4. The number of fused-ring (bicyclic) bond motifs is 4. The lowest BCUT2D eigenvalue weighted by molar-refractivity contribution is 0.0692. The number of imidazole rings is 2. The molecule has 0 atom stereocenters. The summed E-state index contributed by atoms with van der Waals surface area (Å²) in [5.74, 6) is -4.94. The van der Waals surface area contributed by atoms with Crippen molar-refractivity contribution in [1.82, 2.24) is 19.1 Å². The molecule has 0 unspecified atom stereocenters. The monoisotopic (exact) mass is 796 g/mol. The average Bonchev–Trinajstić information content (AvgIpc) is 3.94. The molecule has 0 saturated heterocycles. The van der Waals surface area contributed by atoms with Gasteiger partial charge in [-0.15, -0.1) is 22.7 Å². The zero-order valence-electron chi connectivity index (χ0n) is 29.0. The number of halogens is 2. The van der Waals surface area contributed by atoms with Crippen LogP contribution in [0.5, 0.6) is 11.5 Å². The number of primary amides is 2. The second-order valence-corrected chi connectivity index (χ2v) is 14.5. The van der Waals surface area contributed by atoms with E-state index in [4.69, 9.17) is 30.9 Å².